The number of methoxy groups -OCH3 is 1. The molecular weight excluding hydrogens is 308 g/mol. The van der Waals surface area contributed by atoms with Gasteiger partial charge in [0, 0.05) is 13.2 Å². The summed E-state index contributed by atoms with van der Waals surface area (Å²) in [5.41, 5.74) is 4.89. The Morgan fingerprint density at radius 3 is 2.84 bits per heavy atom. The van der Waals surface area contributed by atoms with E-state index in [2.05, 4.69) is 26.3 Å². The fourth-order valence-electron chi connectivity index (χ4n) is 1.93. The number of rotatable bonds is 5. The third kappa shape index (κ3) is 3.34. The van der Waals surface area contributed by atoms with Gasteiger partial charge in [-0.1, -0.05) is 6.07 Å². The number of hydrogen-bond acceptors (Lipinski definition) is 4. The normalized spacial score (nSPS) is 12.4. The fraction of sp³-hybridized carbons (Fsp3) is 0.308. The van der Waals surface area contributed by atoms with Crippen LogP contribution in [-0.4, -0.2) is 16.7 Å². The summed E-state index contributed by atoms with van der Waals surface area (Å²) in [5.74, 6) is 6.44. The van der Waals surface area contributed by atoms with Crippen LogP contribution in [0.5, 0.6) is 5.75 Å². The van der Waals surface area contributed by atoms with E-state index in [1.807, 2.05) is 36.0 Å². The van der Waals surface area contributed by atoms with E-state index in [0.29, 0.717) is 0 Å². The number of halogens is 1. The molecule has 102 valence electrons. The molecule has 0 aliphatic carbocycles. The number of imidazole rings is 1. The molecule has 3 N–H and O–H groups in total. The molecule has 5 nitrogen and oxygen atoms in total. The number of ether oxygens (including phenoxy) is 1. The Kier molecular flexibility index (Phi) is 4.57. The molecule has 0 aliphatic rings. The molecule has 0 fully saturated rings. The predicted molar refractivity (Wildman–Crippen MR) is 77.7 cm³/mol. The van der Waals surface area contributed by atoms with Crippen molar-refractivity contribution in [2.45, 2.75) is 12.5 Å². The van der Waals surface area contributed by atoms with Crippen molar-refractivity contribution < 1.29 is 4.74 Å². The van der Waals surface area contributed by atoms with Gasteiger partial charge in [-0.05, 0) is 40.0 Å². The van der Waals surface area contributed by atoms with Gasteiger partial charge in [0.25, 0.3) is 0 Å². The SMILES string of the molecule is COc1ccc(CC(NN)c2cn(C)cn2)cc1Br. The highest BCUT2D eigenvalue weighted by atomic mass is 79.9. The van der Waals surface area contributed by atoms with Crippen molar-refractivity contribution in [3.05, 3.63) is 46.5 Å². The molecule has 0 amide bonds. The zero-order valence-electron chi connectivity index (χ0n) is 10.9. The molecule has 2 aromatic rings. The van der Waals surface area contributed by atoms with Gasteiger partial charge in [-0.25, -0.2) is 4.98 Å². The highest BCUT2D eigenvalue weighted by Crippen LogP contribution is 2.27. The van der Waals surface area contributed by atoms with Crippen molar-refractivity contribution in [2.24, 2.45) is 12.9 Å². The van der Waals surface area contributed by atoms with E-state index >= 15 is 0 Å². The molecule has 0 spiro atoms. The largest absolute Gasteiger partial charge is 0.496 e. The Morgan fingerprint density at radius 1 is 1.53 bits per heavy atom. The second kappa shape index (κ2) is 6.18. The van der Waals surface area contributed by atoms with Gasteiger partial charge in [-0.2, -0.15) is 0 Å². The Morgan fingerprint density at radius 2 is 2.32 bits per heavy atom. The van der Waals surface area contributed by atoms with E-state index < -0.39 is 0 Å². The minimum absolute atomic E-state index is 0.0125. The zero-order chi connectivity index (χ0) is 13.8. The smallest absolute Gasteiger partial charge is 0.133 e. The van der Waals surface area contributed by atoms with E-state index in [1.54, 1.807) is 13.4 Å². The minimum atomic E-state index is -0.0125. The van der Waals surface area contributed by atoms with Crippen LogP contribution in [0.3, 0.4) is 0 Å². The van der Waals surface area contributed by atoms with Crippen molar-refractivity contribution in [2.75, 3.05) is 7.11 Å². The Labute approximate surface area is 120 Å². The summed E-state index contributed by atoms with van der Waals surface area (Å²) in [4.78, 5) is 4.32. The molecule has 6 heteroatoms. The molecule has 0 saturated heterocycles. The molecule has 0 bridgehead atoms. The first-order valence-corrected chi connectivity index (χ1v) is 6.69. The van der Waals surface area contributed by atoms with Crippen LogP contribution in [0.1, 0.15) is 17.3 Å². The molecule has 1 atom stereocenters. The Balaban J connectivity index is 2.16. The number of nitrogens with one attached hydrogen (secondary N) is 1. The molecule has 1 heterocycles. The average Bonchev–Trinajstić information content (AvgIpc) is 2.82. The van der Waals surface area contributed by atoms with Crippen molar-refractivity contribution >= 4 is 15.9 Å². The van der Waals surface area contributed by atoms with E-state index in [9.17, 15) is 0 Å². The van der Waals surface area contributed by atoms with Gasteiger partial charge in [0.2, 0.25) is 0 Å². The third-order valence-corrected chi connectivity index (χ3v) is 3.56. The molecule has 1 unspecified atom stereocenters. The molecule has 1 aromatic heterocycles. The molecule has 0 aliphatic heterocycles. The first kappa shape index (κ1) is 14.0. The third-order valence-electron chi connectivity index (χ3n) is 2.94. The van der Waals surface area contributed by atoms with Crippen LogP contribution < -0.4 is 16.0 Å². The van der Waals surface area contributed by atoms with Gasteiger partial charge in [-0.15, -0.1) is 0 Å². The lowest BCUT2D eigenvalue weighted by Gasteiger charge is -2.14. The number of aryl methyl sites for hydroxylation is 1. The molecule has 19 heavy (non-hydrogen) atoms. The first-order valence-electron chi connectivity index (χ1n) is 5.90. The van der Waals surface area contributed by atoms with Gasteiger partial charge in [0.05, 0.1) is 29.6 Å². The van der Waals surface area contributed by atoms with Crippen molar-refractivity contribution in [3.8, 4) is 5.75 Å². The van der Waals surface area contributed by atoms with Crippen LogP contribution in [0.25, 0.3) is 0 Å². The summed E-state index contributed by atoms with van der Waals surface area (Å²) in [5, 5.41) is 0. The van der Waals surface area contributed by atoms with Gasteiger partial charge >= 0.3 is 0 Å². The highest BCUT2D eigenvalue weighted by molar-refractivity contribution is 9.10. The van der Waals surface area contributed by atoms with E-state index in [-0.39, 0.29) is 6.04 Å². The van der Waals surface area contributed by atoms with Crippen LogP contribution in [0.4, 0.5) is 0 Å². The maximum absolute atomic E-state index is 5.62. The van der Waals surface area contributed by atoms with Crippen LogP contribution in [0.15, 0.2) is 35.2 Å². The van der Waals surface area contributed by atoms with Gasteiger partial charge < -0.3 is 9.30 Å². The monoisotopic (exact) mass is 324 g/mol. The lowest BCUT2D eigenvalue weighted by Crippen LogP contribution is -2.29. The van der Waals surface area contributed by atoms with E-state index in [1.165, 1.54) is 0 Å². The summed E-state index contributed by atoms with van der Waals surface area (Å²) < 4.78 is 8.06. The number of aromatic nitrogens is 2. The topological polar surface area (TPSA) is 65.1 Å². The summed E-state index contributed by atoms with van der Waals surface area (Å²) >= 11 is 3.48. The van der Waals surface area contributed by atoms with Crippen LogP contribution >= 0.6 is 15.9 Å². The van der Waals surface area contributed by atoms with Crippen LogP contribution in [0, 0.1) is 0 Å². The van der Waals surface area contributed by atoms with Gasteiger partial charge in [0.15, 0.2) is 0 Å². The molecule has 0 radical (unpaired) electrons. The second-order valence-electron chi connectivity index (χ2n) is 4.36. The molecule has 1 aromatic carbocycles. The molecular formula is C13H17BrN4O. The number of benzene rings is 1. The van der Waals surface area contributed by atoms with E-state index in [0.717, 1.165) is 27.9 Å². The van der Waals surface area contributed by atoms with Crippen molar-refractivity contribution in [1.29, 1.82) is 0 Å². The minimum Gasteiger partial charge on any atom is -0.496 e. The van der Waals surface area contributed by atoms with Crippen LogP contribution in [0.2, 0.25) is 0 Å². The standard InChI is InChI=1S/C13H17BrN4O/c1-18-7-12(16-8-18)11(17-15)6-9-3-4-13(19-2)10(14)5-9/h3-5,7-8,11,17H,6,15H2,1-2H3. The van der Waals surface area contributed by atoms with Crippen molar-refractivity contribution in [1.82, 2.24) is 15.0 Å². The fourth-order valence-corrected chi connectivity index (χ4v) is 2.52. The number of nitrogens with zero attached hydrogens (tertiary/aromatic N) is 2. The predicted octanol–water partition coefficient (Wildman–Crippen LogP) is 1.94. The summed E-state index contributed by atoms with van der Waals surface area (Å²) in [6.45, 7) is 0. The maximum Gasteiger partial charge on any atom is 0.133 e. The average molecular weight is 325 g/mol. The Bertz CT molecular complexity index is 555. The molecule has 2 rings (SSSR count). The zero-order valence-corrected chi connectivity index (χ0v) is 12.5. The number of hydrogen-bond donors (Lipinski definition) is 2. The van der Waals surface area contributed by atoms with E-state index in [4.69, 9.17) is 10.6 Å². The lowest BCUT2D eigenvalue weighted by atomic mass is 10.0. The van der Waals surface area contributed by atoms with Crippen LogP contribution in [-0.2, 0) is 13.5 Å². The second-order valence-corrected chi connectivity index (χ2v) is 5.21. The summed E-state index contributed by atoms with van der Waals surface area (Å²) in [6.07, 6.45) is 4.49. The molecule has 0 saturated carbocycles. The summed E-state index contributed by atoms with van der Waals surface area (Å²) in [6, 6.07) is 5.98. The quantitative estimate of drug-likeness (QED) is 0.651. The lowest BCUT2D eigenvalue weighted by molar-refractivity contribution is 0.412. The van der Waals surface area contributed by atoms with Crippen molar-refractivity contribution in [3.63, 3.8) is 0 Å². The Hall–Kier alpha value is -1.37. The summed E-state index contributed by atoms with van der Waals surface area (Å²) in [7, 11) is 3.59. The number of hydrazine groups is 1. The first-order chi connectivity index (χ1) is 9.13. The van der Waals surface area contributed by atoms with Gasteiger partial charge in [0.1, 0.15) is 5.75 Å². The number of nitrogens with two attached hydrogens (primary N) is 1. The maximum atomic E-state index is 5.62. The van der Waals surface area contributed by atoms with Gasteiger partial charge in [-0.3, -0.25) is 11.3 Å². The highest BCUT2D eigenvalue weighted by Gasteiger charge is 2.14.